The minimum absolute atomic E-state index is 0.0697. The van der Waals surface area contributed by atoms with Crippen LogP contribution in [0.1, 0.15) is 52.0 Å². The molecule has 8 nitrogen and oxygen atoms in total. The van der Waals surface area contributed by atoms with Gasteiger partial charge in [0.2, 0.25) is 0 Å². The number of amides is 1. The maximum absolute atomic E-state index is 13.0. The lowest BCUT2D eigenvalue weighted by atomic mass is 9.97. The van der Waals surface area contributed by atoms with Crippen molar-refractivity contribution in [2.24, 2.45) is 5.92 Å². The number of hydrogen-bond donors (Lipinski definition) is 0. The number of fused-ring (bicyclic) bond motifs is 1. The molecule has 1 unspecified atom stereocenters. The van der Waals surface area contributed by atoms with Crippen molar-refractivity contribution in [2.75, 3.05) is 20.3 Å². The molecule has 1 atom stereocenters. The number of aromatic nitrogens is 4. The number of methoxy groups -OCH3 is 1. The fourth-order valence-corrected chi connectivity index (χ4v) is 3.63. The Morgan fingerprint density at radius 2 is 2.16 bits per heavy atom. The van der Waals surface area contributed by atoms with E-state index in [2.05, 4.69) is 15.5 Å². The van der Waals surface area contributed by atoms with E-state index >= 15 is 0 Å². The molecule has 0 bridgehead atoms. The van der Waals surface area contributed by atoms with Gasteiger partial charge in [-0.3, -0.25) is 4.79 Å². The maximum atomic E-state index is 13.0. The van der Waals surface area contributed by atoms with Gasteiger partial charge in [-0.2, -0.15) is 0 Å². The van der Waals surface area contributed by atoms with Crippen LogP contribution in [0.4, 0.5) is 0 Å². The van der Waals surface area contributed by atoms with Crippen LogP contribution in [0.5, 0.6) is 0 Å². The molecule has 1 saturated carbocycles. The summed E-state index contributed by atoms with van der Waals surface area (Å²) in [5.74, 6) is 1.27. The first-order valence-electron chi connectivity index (χ1n) is 8.71. The Kier molecular flexibility index (Phi) is 4.07. The second kappa shape index (κ2) is 6.25. The molecule has 134 valence electrons. The molecule has 2 aromatic rings. The molecule has 1 amide bonds. The Bertz CT molecular complexity index is 773. The van der Waals surface area contributed by atoms with Gasteiger partial charge in [-0.05, 0) is 32.6 Å². The maximum Gasteiger partial charge on any atom is 0.259 e. The van der Waals surface area contributed by atoms with Crippen LogP contribution in [0.3, 0.4) is 0 Å². The first-order valence-corrected chi connectivity index (χ1v) is 8.71. The molecule has 3 heterocycles. The van der Waals surface area contributed by atoms with Gasteiger partial charge in [-0.25, -0.2) is 4.68 Å². The molecule has 0 N–H and O–H groups in total. The second-order valence-electron chi connectivity index (χ2n) is 7.08. The van der Waals surface area contributed by atoms with Crippen LogP contribution in [0.25, 0.3) is 0 Å². The third-order valence-corrected chi connectivity index (χ3v) is 5.05. The standard InChI is InChI=1S/C17H23N5O3/c1-10-15(11(2)25-19-10)17(23)21-7-13(9-24-3)16-14(8-21)18-20-22(16)6-12-4-5-12/h12-13H,4-9H2,1-3H3. The number of carbonyl (C=O) groups excluding carboxylic acids is 1. The van der Waals surface area contributed by atoms with Gasteiger partial charge < -0.3 is 14.2 Å². The smallest absolute Gasteiger partial charge is 0.259 e. The summed E-state index contributed by atoms with van der Waals surface area (Å²) < 4.78 is 12.6. The van der Waals surface area contributed by atoms with E-state index in [-0.39, 0.29) is 11.8 Å². The van der Waals surface area contributed by atoms with Crippen LogP contribution in [-0.4, -0.2) is 51.2 Å². The topological polar surface area (TPSA) is 86.3 Å². The highest BCUT2D eigenvalue weighted by molar-refractivity contribution is 5.96. The molecule has 0 saturated heterocycles. The van der Waals surface area contributed by atoms with Gasteiger partial charge in [0.25, 0.3) is 5.91 Å². The fourth-order valence-electron chi connectivity index (χ4n) is 3.63. The molecule has 0 spiro atoms. The van der Waals surface area contributed by atoms with E-state index in [1.165, 1.54) is 12.8 Å². The highest BCUT2D eigenvalue weighted by atomic mass is 16.5. The largest absolute Gasteiger partial charge is 0.384 e. The molecule has 0 radical (unpaired) electrons. The molecule has 2 aliphatic rings. The number of aryl methyl sites for hydroxylation is 2. The molecule has 1 aliphatic heterocycles. The molecule has 2 aromatic heterocycles. The molecule has 25 heavy (non-hydrogen) atoms. The fraction of sp³-hybridized carbons (Fsp3) is 0.647. The number of hydrogen-bond acceptors (Lipinski definition) is 6. The molecular weight excluding hydrogens is 322 g/mol. The summed E-state index contributed by atoms with van der Waals surface area (Å²) in [5, 5.41) is 12.6. The Labute approximate surface area is 146 Å². The number of ether oxygens (including phenoxy) is 1. The quantitative estimate of drug-likeness (QED) is 0.819. The summed E-state index contributed by atoms with van der Waals surface area (Å²) in [6.45, 7) is 6.06. The Balaban J connectivity index is 1.62. The van der Waals surface area contributed by atoms with Gasteiger partial charge in [0.05, 0.1) is 24.5 Å². The van der Waals surface area contributed by atoms with Crippen LogP contribution in [0.2, 0.25) is 0 Å². The molecule has 4 rings (SSSR count). The SMILES string of the molecule is COCC1CN(C(=O)c2c(C)noc2C)Cc2nnn(CC3CC3)c21. The predicted octanol–water partition coefficient (Wildman–Crippen LogP) is 1.68. The Morgan fingerprint density at radius 3 is 2.80 bits per heavy atom. The van der Waals surface area contributed by atoms with E-state index in [1.54, 1.807) is 25.9 Å². The monoisotopic (exact) mass is 345 g/mol. The minimum Gasteiger partial charge on any atom is -0.384 e. The van der Waals surface area contributed by atoms with E-state index in [9.17, 15) is 4.79 Å². The summed E-state index contributed by atoms with van der Waals surface area (Å²) in [6.07, 6.45) is 2.53. The molecule has 8 heteroatoms. The van der Waals surface area contributed by atoms with E-state index in [1.807, 2.05) is 4.68 Å². The van der Waals surface area contributed by atoms with Crippen molar-refractivity contribution < 1.29 is 14.1 Å². The van der Waals surface area contributed by atoms with Crippen molar-refractivity contribution in [3.05, 3.63) is 28.4 Å². The number of carbonyl (C=O) groups is 1. The zero-order valence-corrected chi connectivity index (χ0v) is 14.9. The van der Waals surface area contributed by atoms with Crippen molar-refractivity contribution in [2.45, 2.75) is 45.7 Å². The minimum atomic E-state index is -0.0697. The number of rotatable bonds is 5. The van der Waals surface area contributed by atoms with Gasteiger partial charge in [0, 0.05) is 26.1 Å². The highest BCUT2D eigenvalue weighted by Crippen LogP contribution is 2.34. The van der Waals surface area contributed by atoms with Gasteiger partial charge in [0.1, 0.15) is 17.0 Å². The highest BCUT2D eigenvalue weighted by Gasteiger charge is 2.36. The molecular formula is C17H23N5O3. The van der Waals surface area contributed by atoms with Crippen molar-refractivity contribution in [3.63, 3.8) is 0 Å². The van der Waals surface area contributed by atoms with Crippen LogP contribution < -0.4 is 0 Å². The average Bonchev–Trinajstić information content (AvgIpc) is 3.22. The lowest BCUT2D eigenvalue weighted by Gasteiger charge is -2.32. The normalized spacial score (nSPS) is 20.0. The Morgan fingerprint density at radius 1 is 1.36 bits per heavy atom. The average molecular weight is 345 g/mol. The van der Waals surface area contributed by atoms with E-state index in [0.717, 1.165) is 23.9 Å². The summed E-state index contributed by atoms with van der Waals surface area (Å²) >= 11 is 0. The van der Waals surface area contributed by atoms with Crippen LogP contribution in [0.15, 0.2) is 4.52 Å². The van der Waals surface area contributed by atoms with Crippen molar-refractivity contribution in [1.82, 2.24) is 25.1 Å². The third kappa shape index (κ3) is 2.95. The molecule has 1 aliphatic carbocycles. The summed E-state index contributed by atoms with van der Waals surface area (Å²) in [7, 11) is 1.68. The summed E-state index contributed by atoms with van der Waals surface area (Å²) in [5.41, 5.74) is 3.16. The zero-order chi connectivity index (χ0) is 17.6. The lowest BCUT2D eigenvalue weighted by Crippen LogP contribution is -2.40. The van der Waals surface area contributed by atoms with Crippen LogP contribution >= 0.6 is 0 Å². The van der Waals surface area contributed by atoms with Gasteiger partial charge in [0.15, 0.2) is 0 Å². The first-order chi connectivity index (χ1) is 12.1. The predicted molar refractivity (Wildman–Crippen MR) is 88.1 cm³/mol. The van der Waals surface area contributed by atoms with Crippen LogP contribution in [0, 0.1) is 19.8 Å². The second-order valence-corrected chi connectivity index (χ2v) is 7.08. The van der Waals surface area contributed by atoms with Crippen molar-refractivity contribution in [1.29, 1.82) is 0 Å². The molecule has 0 aromatic carbocycles. The first kappa shape index (κ1) is 16.3. The van der Waals surface area contributed by atoms with Crippen molar-refractivity contribution in [3.8, 4) is 0 Å². The number of nitrogens with zero attached hydrogens (tertiary/aromatic N) is 5. The van der Waals surface area contributed by atoms with Gasteiger partial charge in [-0.1, -0.05) is 10.4 Å². The zero-order valence-electron chi connectivity index (χ0n) is 14.9. The lowest BCUT2D eigenvalue weighted by molar-refractivity contribution is 0.0670. The van der Waals surface area contributed by atoms with Crippen molar-refractivity contribution >= 4 is 5.91 Å². The summed E-state index contributed by atoms with van der Waals surface area (Å²) in [6, 6.07) is 0. The Hall–Kier alpha value is -2.22. The summed E-state index contributed by atoms with van der Waals surface area (Å²) in [4.78, 5) is 14.8. The molecule has 1 fully saturated rings. The van der Waals surface area contributed by atoms with E-state index in [0.29, 0.717) is 36.7 Å². The third-order valence-electron chi connectivity index (χ3n) is 5.05. The van der Waals surface area contributed by atoms with Gasteiger partial charge in [-0.15, -0.1) is 5.10 Å². The van der Waals surface area contributed by atoms with E-state index < -0.39 is 0 Å². The van der Waals surface area contributed by atoms with Crippen LogP contribution in [-0.2, 0) is 17.8 Å². The van der Waals surface area contributed by atoms with E-state index in [4.69, 9.17) is 9.26 Å². The van der Waals surface area contributed by atoms with Gasteiger partial charge >= 0.3 is 0 Å².